The third-order valence-corrected chi connectivity index (χ3v) is 3.89. The van der Waals surface area contributed by atoms with E-state index in [-0.39, 0.29) is 12.5 Å². The first-order chi connectivity index (χ1) is 10.5. The Labute approximate surface area is 141 Å². The minimum absolute atomic E-state index is 0.0888. The van der Waals surface area contributed by atoms with E-state index in [0.29, 0.717) is 26.8 Å². The van der Waals surface area contributed by atoms with Gasteiger partial charge in [-0.25, -0.2) is 0 Å². The van der Waals surface area contributed by atoms with Crippen LogP contribution in [0.2, 0.25) is 0 Å². The van der Waals surface area contributed by atoms with Gasteiger partial charge in [0.05, 0.1) is 11.6 Å². The Bertz CT molecular complexity index is 712. The van der Waals surface area contributed by atoms with Crippen LogP contribution in [0.15, 0.2) is 22.3 Å². The van der Waals surface area contributed by atoms with Gasteiger partial charge in [-0.15, -0.1) is 0 Å². The molecule has 22 heavy (non-hydrogen) atoms. The monoisotopic (exact) mass is 381 g/mol. The minimum atomic E-state index is -0.204. The van der Waals surface area contributed by atoms with E-state index in [1.165, 1.54) is 12.0 Å². The van der Waals surface area contributed by atoms with Gasteiger partial charge >= 0.3 is 0 Å². The van der Waals surface area contributed by atoms with Crippen LogP contribution in [0.25, 0.3) is 6.08 Å². The van der Waals surface area contributed by atoms with Crippen molar-refractivity contribution in [3.05, 3.63) is 27.9 Å². The smallest absolute Gasteiger partial charge is 0.276 e. The van der Waals surface area contributed by atoms with Gasteiger partial charge in [0.1, 0.15) is 11.8 Å². The van der Waals surface area contributed by atoms with Crippen LogP contribution < -0.4 is 14.8 Å². The molecule has 0 aromatic heterocycles. The summed E-state index contributed by atoms with van der Waals surface area (Å²) in [5, 5.41) is 11.8. The second-order valence-electron chi connectivity index (χ2n) is 4.33. The summed E-state index contributed by atoms with van der Waals surface area (Å²) in [6, 6.07) is 5.37. The lowest BCUT2D eigenvalue weighted by Gasteiger charge is -2.11. The van der Waals surface area contributed by atoms with Gasteiger partial charge in [-0.2, -0.15) is 5.26 Å². The number of rotatable bonds is 4. The molecule has 1 amide bonds. The summed E-state index contributed by atoms with van der Waals surface area (Å²) in [5.41, 5.74) is 1.11. The summed E-state index contributed by atoms with van der Waals surface area (Å²) in [5.74, 6) is 0.687. The zero-order valence-corrected chi connectivity index (χ0v) is 14.2. The van der Waals surface area contributed by atoms with Crippen LogP contribution in [0.3, 0.4) is 0 Å². The average molecular weight is 382 g/mol. The van der Waals surface area contributed by atoms with E-state index >= 15 is 0 Å². The van der Waals surface area contributed by atoms with Gasteiger partial charge in [-0.1, -0.05) is 0 Å². The molecule has 0 atom stereocenters. The highest BCUT2D eigenvalue weighted by Crippen LogP contribution is 2.37. The average Bonchev–Trinajstić information content (AvgIpc) is 2.73. The van der Waals surface area contributed by atoms with E-state index in [9.17, 15) is 4.79 Å². The standard InChI is InChI=1S/C14H12BrN3O3S/c1-18-13(19)10(17-14(18)22)6-8-5-9(15)12(21-4-3-16)11(7-8)20-2/h5-7H,4H2,1-2H3,(H,17,22). The van der Waals surface area contributed by atoms with Gasteiger partial charge in [-0.3, -0.25) is 9.69 Å². The third kappa shape index (κ3) is 3.21. The maximum Gasteiger partial charge on any atom is 0.276 e. The van der Waals surface area contributed by atoms with Crippen molar-refractivity contribution in [1.82, 2.24) is 10.2 Å². The van der Waals surface area contributed by atoms with Crippen LogP contribution in [0, 0.1) is 11.3 Å². The summed E-state index contributed by atoms with van der Waals surface area (Å²) < 4.78 is 11.2. The van der Waals surface area contributed by atoms with Crippen LogP contribution in [0.4, 0.5) is 0 Å². The van der Waals surface area contributed by atoms with Crippen molar-refractivity contribution in [1.29, 1.82) is 5.26 Å². The molecule has 1 aromatic carbocycles. The van der Waals surface area contributed by atoms with Crippen LogP contribution in [-0.2, 0) is 4.79 Å². The molecule has 6 nitrogen and oxygen atoms in total. The van der Waals surface area contributed by atoms with Crippen molar-refractivity contribution < 1.29 is 14.3 Å². The highest BCUT2D eigenvalue weighted by molar-refractivity contribution is 9.10. The second kappa shape index (κ2) is 6.77. The number of carbonyl (C=O) groups excluding carboxylic acids is 1. The molecule has 8 heteroatoms. The molecule has 0 saturated carbocycles. The van der Waals surface area contributed by atoms with Gasteiger partial charge in [0.15, 0.2) is 23.2 Å². The Morgan fingerprint density at radius 3 is 2.82 bits per heavy atom. The SMILES string of the molecule is COc1cc(C=C2NC(=S)N(C)C2=O)cc(Br)c1OCC#N. The normalized spacial score (nSPS) is 15.7. The number of nitrogens with one attached hydrogen (secondary N) is 1. The maximum atomic E-state index is 12.0. The topological polar surface area (TPSA) is 74.6 Å². The molecular weight excluding hydrogens is 370 g/mol. The predicted molar refractivity (Wildman–Crippen MR) is 88.3 cm³/mol. The lowest BCUT2D eigenvalue weighted by molar-refractivity contribution is -0.121. The molecule has 1 aliphatic rings. The van der Waals surface area contributed by atoms with Crippen molar-refractivity contribution in [2.45, 2.75) is 0 Å². The maximum absolute atomic E-state index is 12.0. The number of ether oxygens (including phenoxy) is 2. The molecule has 0 unspecified atom stereocenters. The number of methoxy groups -OCH3 is 1. The molecule has 1 saturated heterocycles. The van der Waals surface area contributed by atoms with Gasteiger partial charge in [0.25, 0.3) is 5.91 Å². The lowest BCUT2D eigenvalue weighted by Crippen LogP contribution is -2.25. The summed E-state index contributed by atoms with van der Waals surface area (Å²) in [6.45, 7) is -0.0888. The van der Waals surface area contributed by atoms with Crippen LogP contribution in [-0.4, -0.2) is 36.7 Å². The van der Waals surface area contributed by atoms with Gasteiger partial charge < -0.3 is 14.8 Å². The fourth-order valence-corrected chi connectivity index (χ4v) is 2.62. The molecule has 1 aliphatic heterocycles. The van der Waals surface area contributed by atoms with E-state index in [1.807, 2.05) is 6.07 Å². The van der Waals surface area contributed by atoms with Gasteiger partial charge in [-0.05, 0) is 51.9 Å². The van der Waals surface area contributed by atoms with E-state index in [4.69, 9.17) is 27.0 Å². The molecule has 0 bridgehead atoms. The largest absolute Gasteiger partial charge is 0.493 e. The Hall–Kier alpha value is -2.11. The molecule has 0 aliphatic carbocycles. The van der Waals surface area contributed by atoms with E-state index in [1.54, 1.807) is 25.3 Å². The summed E-state index contributed by atoms with van der Waals surface area (Å²) >= 11 is 8.40. The predicted octanol–water partition coefficient (Wildman–Crippen LogP) is 2.05. The Morgan fingerprint density at radius 1 is 1.55 bits per heavy atom. The molecule has 2 rings (SSSR count). The van der Waals surface area contributed by atoms with E-state index < -0.39 is 0 Å². The van der Waals surface area contributed by atoms with Crippen LogP contribution in [0.1, 0.15) is 5.56 Å². The first-order valence-corrected chi connectivity index (χ1v) is 7.36. The number of halogens is 1. The molecule has 114 valence electrons. The first kappa shape index (κ1) is 16.3. The zero-order chi connectivity index (χ0) is 16.3. The van der Waals surface area contributed by atoms with Crippen LogP contribution in [0.5, 0.6) is 11.5 Å². The van der Waals surface area contributed by atoms with Crippen molar-refractivity contribution in [3.63, 3.8) is 0 Å². The summed E-state index contributed by atoms with van der Waals surface area (Å²) in [4.78, 5) is 13.3. The molecule has 0 radical (unpaired) electrons. The van der Waals surface area contributed by atoms with Crippen molar-refractivity contribution in [2.75, 3.05) is 20.8 Å². The van der Waals surface area contributed by atoms with Gasteiger partial charge in [0.2, 0.25) is 0 Å². The minimum Gasteiger partial charge on any atom is -0.493 e. The number of likely N-dealkylation sites (N-methyl/N-ethyl adjacent to an activating group) is 1. The van der Waals surface area contributed by atoms with Crippen molar-refractivity contribution >= 4 is 45.2 Å². The molecular formula is C14H12BrN3O3S. The number of amides is 1. The highest BCUT2D eigenvalue weighted by atomic mass is 79.9. The Morgan fingerprint density at radius 2 is 2.27 bits per heavy atom. The highest BCUT2D eigenvalue weighted by Gasteiger charge is 2.27. The lowest BCUT2D eigenvalue weighted by atomic mass is 10.1. The van der Waals surface area contributed by atoms with E-state index in [0.717, 1.165) is 5.56 Å². The number of benzene rings is 1. The molecule has 1 fully saturated rings. The zero-order valence-electron chi connectivity index (χ0n) is 11.8. The van der Waals surface area contributed by atoms with E-state index in [2.05, 4.69) is 21.2 Å². The van der Waals surface area contributed by atoms with Gasteiger partial charge in [0, 0.05) is 7.05 Å². The summed E-state index contributed by atoms with van der Waals surface area (Å²) in [7, 11) is 3.10. The van der Waals surface area contributed by atoms with Crippen molar-refractivity contribution in [3.8, 4) is 17.6 Å². The third-order valence-electron chi connectivity index (χ3n) is 2.93. The number of thiocarbonyl (C=S) groups is 1. The van der Waals surface area contributed by atoms with Crippen molar-refractivity contribution in [2.24, 2.45) is 0 Å². The number of nitriles is 1. The number of hydrogen-bond donors (Lipinski definition) is 1. The fraction of sp³-hybridized carbons (Fsp3) is 0.214. The quantitative estimate of drug-likeness (QED) is 0.635. The number of hydrogen-bond acceptors (Lipinski definition) is 5. The number of carbonyl (C=O) groups is 1. The molecule has 1 heterocycles. The second-order valence-corrected chi connectivity index (χ2v) is 5.57. The molecule has 1 aromatic rings. The Kier molecular flexibility index (Phi) is 5.00. The fourth-order valence-electron chi connectivity index (χ4n) is 1.86. The molecule has 0 spiro atoms. The Balaban J connectivity index is 2.38. The molecule has 1 N–H and O–H groups in total. The van der Waals surface area contributed by atoms with Crippen LogP contribution >= 0.6 is 28.1 Å². The first-order valence-electron chi connectivity index (χ1n) is 6.16. The number of nitrogens with zero attached hydrogens (tertiary/aromatic N) is 2. The summed E-state index contributed by atoms with van der Waals surface area (Å²) in [6.07, 6.45) is 1.67.